The summed E-state index contributed by atoms with van der Waals surface area (Å²) in [6.07, 6.45) is -8.72. The summed E-state index contributed by atoms with van der Waals surface area (Å²) in [7, 11) is 0. The molecule has 4 atom stereocenters. The van der Waals surface area contributed by atoms with Crippen LogP contribution in [0.25, 0.3) is 0 Å². The Labute approximate surface area is 198 Å². The van der Waals surface area contributed by atoms with Crippen molar-refractivity contribution in [3.63, 3.8) is 0 Å². The van der Waals surface area contributed by atoms with E-state index in [9.17, 15) is 28.3 Å². The lowest BCUT2D eigenvalue weighted by atomic mass is 10.0. The van der Waals surface area contributed by atoms with Crippen molar-refractivity contribution < 1.29 is 32.5 Å². The van der Waals surface area contributed by atoms with E-state index in [1.54, 1.807) is 42.5 Å². The quantitative estimate of drug-likeness (QED) is 0.374. The van der Waals surface area contributed by atoms with Crippen molar-refractivity contribution >= 4 is 29.2 Å². The highest BCUT2D eigenvalue weighted by atomic mass is 35.5. The van der Waals surface area contributed by atoms with E-state index >= 15 is 0 Å². The fraction of sp³-hybridized carbons (Fsp3) is 0.391. The summed E-state index contributed by atoms with van der Waals surface area (Å²) >= 11 is 10.8. The zero-order chi connectivity index (χ0) is 24.6. The standard InChI is InChI=1S/C23H20Cl2F3NO4/c1-21(2)17(19(30)22(24,25)23(26,27)28)18(21)20(31)33-16(12-29)13-7-6-10-15(11-13)32-14-8-4-3-5-9-14/h3-11,16-19,30H,1-2H3. The molecule has 2 aromatic carbocycles. The minimum Gasteiger partial charge on any atom is -0.457 e. The zero-order valence-electron chi connectivity index (χ0n) is 17.5. The SMILES string of the molecule is CC1(C)C(C(=O)OC(C#N)c2cccc(Oc3ccccc3)c2)C1C(O)C(Cl)(Cl)C(F)(F)F. The number of para-hydroxylation sites is 1. The van der Waals surface area contributed by atoms with Gasteiger partial charge in [0.2, 0.25) is 10.4 Å². The molecule has 0 aliphatic heterocycles. The molecule has 0 radical (unpaired) electrons. The summed E-state index contributed by atoms with van der Waals surface area (Å²) in [6.45, 7) is 2.98. The van der Waals surface area contributed by atoms with E-state index in [-0.39, 0.29) is 0 Å². The van der Waals surface area contributed by atoms with Crippen LogP contribution in [0.2, 0.25) is 0 Å². The highest BCUT2D eigenvalue weighted by Gasteiger charge is 2.72. The molecular weight excluding hydrogens is 482 g/mol. The lowest BCUT2D eigenvalue weighted by Crippen LogP contribution is -2.47. The largest absolute Gasteiger partial charge is 0.457 e. The summed E-state index contributed by atoms with van der Waals surface area (Å²) in [5.41, 5.74) is -0.760. The molecular formula is C23H20Cl2F3NO4. The number of aliphatic hydroxyl groups excluding tert-OH is 1. The monoisotopic (exact) mass is 501 g/mol. The Morgan fingerprint density at radius 2 is 1.73 bits per heavy atom. The van der Waals surface area contributed by atoms with Gasteiger partial charge in [-0.1, -0.05) is 67.4 Å². The molecule has 3 rings (SSSR count). The van der Waals surface area contributed by atoms with E-state index in [4.69, 9.17) is 32.7 Å². The Kier molecular flexibility index (Phi) is 6.90. The smallest absolute Gasteiger partial charge is 0.424 e. The number of esters is 1. The molecule has 4 unspecified atom stereocenters. The summed E-state index contributed by atoms with van der Waals surface area (Å²) in [5, 5.41) is 19.8. The van der Waals surface area contributed by atoms with Crippen LogP contribution in [0, 0.1) is 28.6 Å². The van der Waals surface area contributed by atoms with Gasteiger partial charge >= 0.3 is 12.1 Å². The number of ether oxygens (including phenoxy) is 2. The molecule has 1 aliphatic rings. The first-order valence-corrected chi connectivity index (χ1v) is 10.6. The second-order valence-electron chi connectivity index (χ2n) is 8.32. The first-order chi connectivity index (χ1) is 15.3. The number of nitriles is 1. The van der Waals surface area contributed by atoms with Crippen LogP contribution in [0.1, 0.15) is 25.5 Å². The lowest BCUT2D eigenvalue weighted by molar-refractivity contribution is -0.167. The molecule has 0 aromatic heterocycles. The summed E-state index contributed by atoms with van der Waals surface area (Å²) < 4.78 is 47.0. The minimum atomic E-state index is -5.11. The number of aliphatic hydroxyl groups is 1. The van der Waals surface area contributed by atoms with E-state index in [0.29, 0.717) is 17.1 Å². The molecule has 176 valence electrons. The van der Waals surface area contributed by atoms with Crippen LogP contribution in [0.3, 0.4) is 0 Å². The Morgan fingerprint density at radius 3 is 2.30 bits per heavy atom. The maximum Gasteiger partial charge on any atom is 0.424 e. The molecule has 0 amide bonds. The van der Waals surface area contributed by atoms with E-state index in [0.717, 1.165) is 0 Å². The average Bonchev–Trinajstić information content (AvgIpc) is 3.33. The van der Waals surface area contributed by atoms with Crippen LogP contribution in [0.4, 0.5) is 13.2 Å². The molecule has 0 bridgehead atoms. The van der Waals surface area contributed by atoms with E-state index in [2.05, 4.69) is 0 Å². The molecule has 2 aromatic rings. The number of hydrogen-bond acceptors (Lipinski definition) is 5. The number of carbonyl (C=O) groups is 1. The molecule has 1 saturated carbocycles. The van der Waals surface area contributed by atoms with Crippen LogP contribution < -0.4 is 4.74 Å². The number of nitrogens with zero attached hydrogens (tertiary/aromatic N) is 1. The number of rotatable bonds is 7. The third-order valence-electron chi connectivity index (χ3n) is 5.75. The van der Waals surface area contributed by atoms with Gasteiger partial charge in [-0.05, 0) is 29.7 Å². The number of hydrogen-bond donors (Lipinski definition) is 1. The van der Waals surface area contributed by atoms with Gasteiger partial charge in [0.15, 0.2) is 0 Å². The summed E-state index contributed by atoms with van der Waals surface area (Å²) in [4.78, 5) is 12.7. The molecule has 0 heterocycles. The second-order valence-corrected chi connectivity index (χ2v) is 9.71. The Morgan fingerprint density at radius 1 is 1.12 bits per heavy atom. The fourth-order valence-corrected chi connectivity index (χ4v) is 4.11. The van der Waals surface area contributed by atoms with Gasteiger partial charge < -0.3 is 14.6 Å². The number of alkyl halides is 5. The molecule has 0 spiro atoms. The van der Waals surface area contributed by atoms with Gasteiger partial charge in [0.05, 0.1) is 5.92 Å². The van der Waals surface area contributed by atoms with Crippen molar-refractivity contribution in [2.24, 2.45) is 17.3 Å². The van der Waals surface area contributed by atoms with Crippen molar-refractivity contribution in [1.29, 1.82) is 5.26 Å². The molecule has 1 aliphatic carbocycles. The molecule has 5 nitrogen and oxygen atoms in total. The van der Waals surface area contributed by atoms with E-state index in [1.165, 1.54) is 19.9 Å². The van der Waals surface area contributed by atoms with Gasteiger partial charge in [-0.15, -0.1) is 0 Å². The fourth-order valence-electron chi connectivity index (χ4n) is 3.83. The Balaban J connectivity index is 1.74. The van der Waals surface area contributed by atoms with Crippen LogP contribution in [-0.2, 0) is 9.53 Å². The normalized spacial score (nSPS) is 21.4. The molecule has 1 fully saturated rings. The average molecular weight is 502 g/mol. The Hall–Kier alpha value is -2.47. The van der Waals surface area contributed by atoms with Crippen molar-refractivity contribution in [2.45, 2.75) is 36.6 Å². The highest BCUT2D eigenvalue weighted by molar-refractivity contribution is 6.49. The van der Waals surface area contributed by atoms with Gasteiger partial charge in [-0.3, -0.25) is 4.79 Å². The van der Waals surface area contributed by atoms with Crippen molar-refractivity contribution in [1.82, 2.24) is 0 Å². The molecule has 10 heteroatoms. The lowest BCUT2D eigenvalue weighted by Gasteiger charge is -2.29. The highest BCUT2D eigenvalue weighted by Crippen LogP contribution is 2.64. The molecule has 0 saturated heterocycles. The van der Waals surface area contributed by atoms with Gasteiger partial charge in [-0.25, -0.2) is 0 Å². The maximum absolute atomic E-state index is 13.1. The second kappa shape index (κ2) is 9.05. The van der Waals surface area contributed by atoms with E-state index < -0.39 is 45.9 Å². The first kappa shape index (κ1) is 25.2. The van der Waals surface area contributed by atoms with Gasteiger partial charge in [0, 0.05) is 11.5 Å². The maximum atomic E-state index is 13.1. The summed E-state index contributed by atoms with van der Waals surface area (Å²) in [5.74, 6) is -2.32. The number of carbonyl (C=O) groups excluding carboxylic acids is 1. The van der Waals surface area contributed by atoms with Crippen LogP contribution in [-0.4, -0.2) is 27.7 Å². The van der Waals surface area contributed by atoms with Gasteiger partial charge in [-0.2, -0.15) is 18.4 Å². The van der Waals surface area contributed by atoms with Crippen LogP contribution in [0.5, 0.6) is 11.5 Å². The van der Waals surface area contributed by atoms with Crippen molar-refractivity contribution in [3.8, 4) is 17.6 Å². The minimum absolute atomic E-state index is 0.314. The van der Waals surface area contributed by atoms with Crippen LogP contribution >= 0.6 is 23.2 Å². The van der Waals surface area contributed by atoms with E-state index in [1.807, 2.05) is 12.1 Å². The predicted molar refractivity (Wildman–Crippen MR) is 115 cm³/mol. The number of benzene rings is 2. The Bertz CT molecular complexity index is 1050. The summed E-state index contributed by atoms with van der Waals surface area (Å²) in [6, 6.07) is 17.1. The first-order valence-electron chi connectivity index (χ1n) is 9.86. The molecule has 33 heavy (non-hydrogen) atoms. The van der Waals surface area contributed by atoms with Gasteiger partial charge in [0.25, 0.3) is 0 Å². The van der Waals surface area contributed by atoms with Gasteiger partial charge in [0.1, 0.15) is 23.7 Å². The van der Waals surface area contributed by atoms with Crippen molar-refractivity contribution in [3.05, 3.63) is 60.2 Å². The number of halogens is 5. The zero-order valence-corrected chi connectivity index (χ0v) is 19.0. The van der Waals surface area contributed by atoms with Crippen molar-refractivity contribution in [2.75, 3.05) is 0 Å². The predicted octanol–water partition coefficient (Wildman–Crippen LogP) is 5.96. The third-order valence-corrected chi connectivity index (χ3v) is 6.62. The third kappa shape index (κ3) is 5.06. The topological polar surface area (TPSA) is 79.6 Å². The van der Waals surface area contributed by atoms with Crippen LogP contribution in [0.15, 0.2) is 54.6 Å². The molecule has 1 N–H and O–H groups in total.